The maximum atomic E-state index is 6.29. The first-order valence-corrected chi connectivity index (χ1v) is 7.71. The molecule has 0 aromatic heterocycles. The average Bonchev–Trinajstić information content (AvgIpc) is 2.83. The molecule has 1 aromatic rings. The van der Waals surface area contributed by atoms with Gasteiger partial charge in [-0.3, -0.25) is 4.90 Å². The second kappa shape index (κ2) is 6.40. The van der Waals surface area contributed by atoms with Crippen LogP contribution in [0.1, 0.15) is 24.9 Å². The zero-order valence-electron chi connectivity index (χ0n) is 12.2. The molecule has 2 unspecified atom stereocenters. The summed E-state index contributed by atoms with van der Waals surface area (Å²) < 4.78 is 16.5. The molecule has 5 nitrogen and oxygen atoms in total. The summed E-state index contributed by atoms with van der Waals surface area (Å²) >= 11 is 6.29. The molecule has 1 aromatic carbocycles. The molecular weight excluding hydrogens is 292 g/mol. The van der Waals surface area contributed by atoms with Gasteiger partial charge >= 0.3 is 0 Å². The first-order valence-electron chi connectivity index (χ1n) is 7.34. The zero-order chi connectivity index (χ0) is 14.8. The van der Waals surface area contributed by atoms with Crippen LogP contribution in [-0.2, 0) is 4.74 Å². The molecule has 0 spiro atoms. The van der Waals surface area contributed by atoms with Crippen molar-refractivity contribution in [1.29, 1.82) is 0 Å². The standard InChI is InChI=1S/C15H21ClN2O3/c1-10-8-18(3-2-4-19-10)13(7-17)11-5-12(16)15-14(6-11)20-9-21-15/h5-6,10,13H,2-4,7-9,17H2,1H3. The lowest BCUT2D eigenvalue weighted by Gasteiger charge is -2.31. The highest BCUT2D eigenvalue weighted by atomic mass is 35.5. The van der Waals surface area contributed by atoms with Gasteiger partial charge in [0.1, 0.15) is 0 Å². The quantitative estimate of drug-likeness (QED) is 0.927. The van der Waals surface area contributed by atoms with E-state index in [2.05, 4.69) is 11.8 Å². The van der Waals surface area contributed by atoms with Crippen molar-refractivity contribution in [2.75, 3.05) is 33.0 Å². The van der Waals surface area contributed by atoms with Crippen LogP contribution >= 0.6 is 11.6 Å². The van der Waals surface area contributed by atoms with Gasteiger partial charge in [-0.2, -0.15) is 0 Å². The van der Waals surface area contributed by atoms with Gasteiger partial charge in [0.15, 0.2) is 11.5 Å². The van der Waals surface area contributed by atoms with Gasteiger partial charge in [-0.05, 0) is 31.0 Å². The number of nitrogens with zero attached hydrogens (tertiary/aromatic N) is 1. The molecule has 0 saturated carbocycles. The van der Waals surface area contributed by atoms with Crippen molar-refractivity contribution in [3.8, 4) is 11.5 Å². The fraction of sp³-hybridized carbons (Fsp3) is 0.600. The third kappa shape index (κ3) is 3.11. The predicted octanol–water partition coefficient (Wildman–Crippen LogP) is 2.18. The van der Waals surface area contributed by atoms with E-state index >= 15 is 0 Å². The van der Waals surface area contributed by atoms with Crippen LogP contribution in [0.25, 0.3) is 0 Å². The molecule has 2 aliphatic rings. The van der Waals surface area contributed by atoms with Crippen LogP contribution in [0.4, 0.5) is 0 Å². The van der Waals surface area contributed by atoms with Crippen molar-refractivity contribution in [2.45, 2.75) is 25.5 Å². The normalized spacial score (nSPS) is 23.9. The van der Waals surface area contributed by atoms with Gasteiger partial charge in [0.2, 0.25) is 6.79 Å². The average molecular weight is 313 g/mol. The molecule has 2 N–H and O–H groups in total. The maximum absolute atomic E-state index is 6.29. The van der Waals surface area contributed by atoms with Crippen LogP contribution in [0.15, 0.2) is 12.1 Å². The lowest BCUT2D eigenvalue weighted by atomic mass is 10.0. The number of hydrogen-bond acceptors (Lipinski definition) is 5. The van der Waals surface area contributed by atoms with E-state index in [1.165, 1.54) is 0 Å². The second-order valence-corrected chi connectivity index (χ2v) is 5.93. The number of ether oxygens (including phenoxy) is 3. The van der Waals surface area contributed by atoms with Gasteiger partial charge in [-0.15, -0.1) is 0 Å². The monoisotopic (exact) mass is 312 g/mol. The Labute approximate surface area is 129 Å². The highest BCUT2D eigenvalue weighted by Crippen LogP contribution is 2.41. The van der Waals surface area contributed by atoms with Crippen LogP contribution < -0.4 is 15.2 Å². The third-order valence-corrected chi connectivity index (χ3v) is 4.26. The van der Waals surface area contributed by atoms with E-state index in [0.29, 0.717) is 23.1 Å². The Morgan fingerprint density at radius 3 is 3.10 bits per heavy atom. The van der Waals surface area contributed by atoms with Crippen molar-refractivity contribution in [3.63, 3.8) is 0 Å². The summed E-state index contributed by atoms with van der Waals surface area (Å²) in [5, 5.41) is 0.581. The van der Waals surface area contributed by atoms with Crippen LogP contribution in [0, 0.1) is 0 Å². The Hall–Kier alpha value is -1.01. The number of benzene rings is 1. The van der Waals surface area contributed by atoms with Crippen molar-refractivity contribution in [3.05, 3.63) is 22.7 Å². The molecule has 21 heavy (non-hydrogen) atoms. The molecule has 2 aliphatic heterocycles. The number of hydrogen-bond donors (Lipinski definition) is 1. The van der Waals surface area contributed by atoms with Crippen LogP contribution in [0.5, 0.6) is 11.5 Å². The Balaban J connectivity index is 1.87. The summed E-state index contributed by atoms with van der Waals surface area (Å²) in [7, 11) is 0. The summed E-state index contributed by atoms with van der Waals surface area (Å²) in [6.45, 7) is 5.49. The number of rotatable bonds is 3. The van der Waals surface area contributed by atoms with Crippen LogP contribution in [0.2, 0.25) is 5.02 Å². The highest BCUT2D eigenvalue weighted by molar-refractivity contribution is 6.32. The van der Waals surface area contributed by atoms with Crippen molar-refractivity contribution in [2.24, 2.45) is 5.73 Å². The largest absolute Gasteiger partial charge is 0.454 e. The fourth-order valence-corrected chi connectivity index (χ4v) is 3.26. The van der Waals surface area contributed by atoms with E-state index in [-0.39, 0.29) is 18.9 Å². The van der Waals surface area contributed by atoms with Crippen molar-refractivity contribution >= 4 is 11.6 Å². The maximum Gasteiger partial charge on any atom is 0.231 e. The van der Waals surface area contributed by atoms with E-state index in [4.69, 9.17) is 31.5 Å². The molecule has 0 radical (unpaired) electrons. The molecule has 2 atom stereocenters. The SMILES string of the molecule is CC1CN(C(CN)c2cc(Cl)c3c(c2)OCO3)CCCO1. The molecule has 1 fully saturated rings. The smallest absolute Gasteiger partial charge is 0.231 e. The minimum Gasteiger partial charge on any atom is -0.454 e. The molecule has 3 rings (SSSR count). The first-order chi connectivity index (χ1) is 10.2. The lowest BCUT2D eigenvalue weighted by Crippen LogP contribution is -2.37. The predicted molar refractivity (Wildman–Crippen MR) is 81.0 cm³/mol. The van der Waals surface area contributed by atoms with Crippen LogP contribution in [-0.4, -0.2) is 44.0 Å². The number of halogens is 1. The Kier molecular flexibility index (Phi) is 4.54. The molecule has 1 saturated heterocycles. The summed E-state index contributed by atoms with van der Waals surface area (Å²) in [4.78, 5) is 2.37. The third-order valence-electron chi connectivity index (χ3n) is 3.98. The summed E-state index contributed by atoms with van der Waals surface area (Å²) in [5.74, 6) is 1.33. The molecular formula is C15H21ClN2O3. The van der Waals surface area contributed by atoms with Gasteiger partial charge in [-0.25, -0.2) is 0 Å². The fourth-order valence-electron chi connectivity index (χ4n) is 2.99. The van der Waals surface area contributed by atoms with E-state index < -0.39 is 0 Å². The molecule has 116 valence electrons. The topological polar surface area (TPSA) is 57.0 Å². The summed E-state index contributed by atoms with van der Waals surface area (Å²) in [5.41, 5.74) is 7.10. The molecule has 0 aliphatic carbocycles. The van der Waals surface area contributed by atoms with E-state index in [1.54, 1.807) is 0 Å². The molecule has 2 heterocycles. The van der Waals surface area contributed by atoms with Gasteiger partial charge in [-0.1, -0.05) is 11.6 Å². The highest BCUT2D eigenvalue weighted by Gasteiger charge is 2.26. The van der Waals surface area contributed by atoms with Gasteiger partial charge in [0.25, 0.3) is 0 Å². The lowest BCUT2D eigenvalue weighted by molar-refractivity contribution is 0.0611. The minimum absolute atomic E-state index is 0.112. The molecule has 0 amide bonds. The summed E-state index contributed by atoms with van der Waals surface area (Å²) in [6.07, 6.45) is 1.23. The second-order valence-electron chi connectivity index (χ2n) is 5.52. The molecule has 0 bridgehead atoms. The Morgan fingerprint density at radius 2 is 2.29 bits per heavy atom. The van der Waals surface area contributed by atoms with Gasteiger partial charge in [0.05, 0.1) is 11.1 Å². The van der Waals surface area contributed by atoms with Crippen LogP contribution in [0.3, 0.4) is 0 Å². The Morgan fingerprint density at radius 1 is 1.43 bits per heavy atom. The van der Waals surface area contributed by atoms with E-state index in [0.717, 1.165) is 31.7 Å². The van der Waals surface area contributed by atoms with Crippen molar-refractivity contribution < 1.29 is 14.2 Å². The summed E-state index contributed by atoms with van der Waals surface area (Å²) in [6, 6.07) is 4.03. The van der Waals surface area contributed by atoms with Gasteiger partial charge in [0, 0.05) is 32.3 Å². The zero-order valence-corrected chi connectivity index (χ0v) is 12.9. The number of nitrogens with two attached hydrogens (primary N) is 1. The Bertz CT molecular complexity index is 512. The molecule has 6 heteroatoms. The van der Waals surface area contributed by atoms with E-state index in [9.17, 15) is 0 Å². The van der Waals surface area contributed by atoms with E-state index in [1.807, 2.05) is 12.1 Å². The minimum atomic E-state index is 0.112. The van der Waals surface area contributed by atoms with Gasteiger partial charge < -0.3 is 19.9 Å². The van der Waals surface area contributed by atoms with Crippen molar-refractivity contribution in [1.82, 2.24) is 4.90 Å². The number of fused-ring (bicyclic) bond motifs is 1. The first kappa shape index (κ1) is 14.9.